The number of nitrogens with one attached hydrogen (secondary N) is 1. The zero-order valence-electron chi connectivity index (χ0n) is 10.4. The molecule has 0 amide bonds. The van der Waals surface area contributed by atoms with Gasteiger partial charge >= 0.3 is 0 Å². The molecular weight excluding hydrogens is 314 g/mol. The summed E-state index contributed by atoms with van der Waals surface area (Å²) in [5.41, 5.74) is -0.0356. The van der Waals surface area contributed by atoms with Gasteiger partial charge in [-0.1, -0.05) is 6.42 Å². The summed E-state index contributed by atoms with van der Waals surface area (Å²) in [6.45, 7) is 0.954. The Morgan fingerprint density at radius 3 is 2.89 bits per heavy atom. The molecule has 0 aliphatic heterocycles. The fourth-order valence-electron chi connectivity index (χ4n) is 2.51. The van der Waals surface area contributed by atoms with Crippen LogP contribution in [0.5, 0.6) is 0 Å². The van der Waals surface area contributed by atoms with Crippen LogP contribution in [0.3, 0.4) is 0 Å². The van der Waals surface area contributed by atoms with Gasteiger partial charge in [0.25, 0.3) is 5.69 Å². The van der Waals surface area contributed by atoms with E-state index in [1.54, 1.807) is 0 Å². The van der Waals surface area contributed by atoms with Crippen LogP contribution in [0.4, 0.5) is 11.5 Å². The fraction of sp³-hybridized carbons (Fsp3) is 0.583. The van der Waals surface area contributed by atoms with Crippen molar-refractivity contribution >= 4 is 27.4 Å². The van der Waals surface area contributed by atoms with E-state index in [9.17, 15) is 15.2 Å². The highest BCUT2D eigenvalue weighted by atomic mass is 79.9. The number of aliphatic hydroxyl groups excluding tert-OH is 1. The number of aliphatic hydroxyl groups is 1. The van der Waals surface area contributed by atoms with Crippen LogP contribution >= 0.6 is 15.9 Å². The lowest BCUT2D eigenvalue weighted by Crippen LogP contribution is -2.21. The SMILES string of the molecule is O=[N+]([O-])c1cnc(NCC2CCCC2CO)c(Br)c1. The molecule has 1 heterocycles. The van der Waals surface area contributed by atoms with Crippen molar-refractivity contribution in [3.63, 3.8) is 0 Å². The van der Waals surface area contributed by atoms with Crippen LogP contribution in [-0.4, -0.2) is 28.2 Å². The van der Waals surface area contributed by atoms with Gasteiger partial charge in [-0.2, -0.15) is 0 Å². The molecule has 0 saturated heterocycles. The van der Waals surface area contributed by atoms with Gasteiger partial charge in [-0.05, 0) is 40.6 Å². The molecule has 2 N–H and O–H groups in total. The molecule has 1 aliphatic carbocycles. The summed E-state index contributed by atoms with van der Waals surface area (Å²) in [5, 5.41) is 23.1. The molecule has 1 aliphatic rings. The molecule has 2 atom stereocenters. The van der Waals surface area contributed by atoms with Gasteiger partial charge in [0.2, 0.25) is 0 Å². The number of hydrogen-bond donors (Lipinski definition) is 2. The summed E-state index contributed by atoms with van der Waals surface area (Å²) in [6.07, 6.45) is 4.55. The van der Waals surface area contributed by atoms with E-state index in [1.165, 1.54) is 12.3 Å². The standard InChI is InChI=1S/C12H16BrN3O3/c13-11-4-10(16(18)19)6-15-12(11)14-5-8-2-1-3-9(8)7-17/h4,6,8-9,17H,1-3,5,7H2,(H,14,15). The smallest absolute Gasteiger partial charge is 0.288 e. The summed E-state index contributed by atoms with van der Waals surface area (Å²) in [4.78, 5) is 14.2. The van der Waals surface area contributed by atoms with Crippen molar-refractivity contribution < 1.29 is 10.0 Å². The minimum Gasteiger partial charge on any atom is -0.396 e. The van der Waals surface area contributed by atoms with E-state index in [2.05, 4.69) is 26.2 Å². The molecule has 1 fully saturated rings. The molecule has 19 heavy (non-hydrogen) atoms. The zero-order chi connectivity index (χ0) is 13.8. The third-order valence-corrected chi connectivity index (χ3v) is 4.22. The zero-order valence-corrected chi connectivity index (χ0v) is 12.0. The molecule has 0 aromatic carbocycles. The van der Waals surface area contributed by atoms with Crippen molar-refractivity contribution in [1.82, 2.24) is 4.98 Å². The first-order valence-corrected chi connectivity index (χ1v) is 7.05. The van der Waals surface area contributed by atoms with Crippen LogP contribution in [0.1, 0.15) is 19.3 Å². The van der Waals surface area contributed by atoms with Gasteiger partial charge in [-0.25, -0.2) is 4.98 Å². The van der Waals surface area contributed by atoms with Crippen molar-refractivity contribution in [2.45, 2.75) is 19.3 Å². The number of rotatable bonds is 5. The Morgan fingerprint density at radius 1 is 1.53 bits per heavy atom. The van der Waals surface area contributed by atoms with Gasteiger partial charge in [0.1, 0.15) is 12.0 Å². The molecule has 7 heteroatoms. The number of nitro groups is 1. The highest BCUT2D eigenvalue weighted by Crippen LogP contribution is 2.32. The van der Waals surface area contributed by atoms with Crippen LogP contribution in [0.25, 0.3) is 0 Å². The molecule has 0 bridgehead atoms. The predicted molar refractivity (Wildman–Crippen MR) is 75.0 cm³/mol. The van der Waals surface area contributed by atoms with Crippen LogP contribution in [-0.2, 0) is 0 Å². The number of aromatic nitrogens is 1. The normalized spacial score (nSPS) is 22.4. The molecule has 6 nitrogen and oxygen atoms in total. The monoisotopic (exact) mass is 329 g/mol. The maximum Gasteiger partial charge on any atom is 0.288 e. The second-order valence-electron chi connectivity index (χ2n) is 4.80. The summed E-state index contributed by atoms with van der Waals surface area (Å²) >= 11 is 3.28. The van der Waals surface area contributed by atoms with Gasteiger partial charge in [0.05, 0.1) is 9.40 Å². The second-order valence-corrected chi connectivity index (χ2v) is 5.65. The van der Waals surface area contributed by atoms with E-state index < -0.39 is 4.92 Å². The van der Waals surface area contributed by atoms with Gasteiger partial charge in [-0.3, -0.25) is 10.1 Å². The first-order chi connectivity index (χ1) is 9.11. The maximum atomic E-state index is 10.6. The van der Waals surface area contributed by atoms with Gasteiger partial charge in [-0.15, -0.1) is 0 Å². The number of hydrogen-bond acceptors (Lipinski definition) is 5. The lowest BCUT2D eigenvalue weighted by Gasteiger charge is -2.18. The third kappa shape index (κ3) is 3.42. The number of anilines is 1. The Labute approximate surface area is 119 Å². The van der Waals surface area contributed by atoms with E-state index in [0.717, 1.165) is 25.8 Å². The van der Waals surface area contributed by atoms with Crippen LogP contribution in [0, 0.1) is 22.0 Å². The van der Waals surface area contributed by atoms with E-state index in [1.807, 2.05) is 0 Å². The Balaban J connectivity index is 1.98. The molecule has 2 unspecified atom stereocenters. The lowest BCUT2D eigenvalue weighted by atomic mass is 9.97. The first-order valence-electron chi connectivity index (χ1n) is 6.26. The highest BCUT2D eigenvalue weighted by molar-refractivity contribution is 9.10. The Kier molecular flexibility index (Phi) is 4.71. The van der Waals surface area contributed by atoms with Gasteiger partial charge < -0.3 is 10.4 Å². The maximum absolute atomic E-state index is 10.6. The molecule has 1 saturated carbocycles. The summed E-state index contributed by atoms with van der Waals surface area (Å²) in [7, 11) is 0. The summed E-state index contributed by atoms with van der Waals surface area (Å²) < 4.78 is 0.584. The van der Waals surface area contributed by atoms with Crippen molar-refractivity contribution in [2.75, 3.05) is 18.5 Å². The molecule has 0 radical (unpaired) electrons. The van der Waals surface area contributed by atoms with Crippen LogP contribution in [0.15, 0.2) is 16.7 Å². The molecule has 104 valence electrons. The van der Waals surface area contributed by atoms with E-state index >= 15 is 0 Å². The van der Waals surface area contributed by atoms with Gasteiger partial charge in [0.15, 0.2) is 0 Å². The van der Waals surface area contributed by atoms with E-state index in [0.29, 0.717) is 22.1 Å². The predicted octanol–water partition coefficient (Wildman–Crippen LogP) is 2.57. The Morgan fingerprint density at radius 2 is 2.26 bits per heavy atom. The van der Waals surface area contributed by atoms with Crippen LogP contribution < -0.4 is 5.32 Å². The fourth-order valence-corrected chi connectivity index (χ4v) is 2.99. The van der Waals surface area contributed by atoms with Crippen molar-refractivity contribution in [3.05, 3.63) is 26.9 Å². The molecule has 0 spiro atoms. The molecule has 2 rings (SSSR count). The molecule has 1 aromatic rings. The summed E-state index contributed by atoms with van der Waals surface area (Å²) in [5.74, 6) is 1.40. The van der Waals surface area contributed by atoms with Crippen molar-refractivity contribution in [1.29, 1.82) is 0 Å². The van der Waals surface area contributed by atoms with E-state index in [-0.39, 0.29) is 12.3 Å². The number of halogens is 1. The topological polar surface area (TPSA) is 88.3 Å². The Hall–Kier alpha value is -1.21. The highest BCUT2D eigenvalue weighted by Gasteiger charge is 2.26. The minimum absolute atomic E-state index is 0.0356. The first kappa shape index (κ1) is 14.2. The lowest BCUT2D eigenvalue weighted by molar-refractivity contribution is -0.385. The average Bonchev–Trinajstić information content (AvgIpc) is 2.84. The molecular formula is C12H16BrN3O3. The van der Waals surface area contributed by atoms with Crippen molar-refractivity contribution in [2.24, 2.45) is 11.8 Å². The Bertz CT molecular complexity index is 470. The quantitative estimate of drug-likeness (QED) is 0.640. The van der Waals surface area contributed by atoms with Crippen LogP contribution in [0.2, 0.25) is 0 Å². The van der Waals surface area contributed by atoms with Gasteiger partial charge in [0, 0.05) is 19.2 Å². The summed E-state index contributed by atoms with van der Waals surface area (Å²) in [6, 6.07) is 1.44. The number of pyridine rings is 1. The number of nitrogens with zero attached hydrogens (tertiary/aromatic N) is 2. The largest absolute Gasteiger partial charge is 0.396 e. The second kappa shape index (κ2) is 6.29. The minimum atomic E-state index is -0.472. The molecule has 1 aromatic heterocycles. The van der Waals surface area contributed by atoms with E-state index in [4.69, 9.17) is 0 Å². The van der Waals surface area contributed by atoms with Crippen molar-refractivity contribution in [3.8, 4) is 0 Å². The third-order valence-electron chi connectivity index (χ3n) is 3.62. The average molecular weight is 330 g/mol.